The molecule has 1 aromatic rings. The third-order valence-electron chi connectivity index (χ3n) is 4.02. The topological polar surface area (TPSA) is 41.5 Å². The van der Waals surface area contributed by atoms with Gasteiger partial charge in [0, 0.05) is 6.04 Å². The molecule has 0 amide bonds. The lowest BCUT2D eigenvalue weighted by atomic mass is 9.73. The highest BCUT2D eigenvalue weighted by Gasteiger charge is 2.46. The van der Waals surface area contributed by atoms with Gasteiger partial charge < -0.3 is 15.2 Å². The van der Waals surface area contributed by atoms with Gasteiger partial charge >= 0.3 is 0 Å². The minimum atomic E-state index is -0.167. The van der Waals surface area contributed by atoms with Gasteiger partial charge in [0.05, 0.1) is 25.2 Å². The van der Waals surface area contributed by atoms with Crippen molar-refractivity contribution in [2.45, 2.75) is 26.8 Å². The van der Waals surface area contributed by atoms with Crippen molar-refractivity contribution in [3.8, 4) is 0 Å². The fourth-order valence-corrected chi connectivity index (χ4v) is 3.12. The summed E-state index contributed by atoms with van der Waals surface area (Å²) in [7, 11) is 1.96. The van der Waals surface area contributed by atoms with Crippen molar-refractivity contribution in [3.05, 3.63) is 34.4 Å². The first-order valence-electron chi connectivity index (χ1n) is 6.47. The molecule has 1 unspecified atom stereocenters. The summed E-state index contributed by atoms with van der Waals surface area (Å²) in [6.07, 6.45) is 0. The Morgan fingerprint density at radius 2 is 1.83 bits per heavy atom. The van der Waals surface area contributed by atoms with Gasteiger partial charge in [0.2, 0.25) is 0 Å². The summed E-state index contributed by atoms with van der Waals surface area (Å²) >= 11 is 0. The molecule has 0 saturated carbocycles. The molecule has 1 saturated heterocycles. The van der Waals surface area contributed by atoms with Crippen LogP contribution in [0.15, 0.2) is 12.1 Å². The highest BCUT2D eigenvalue weighted by atomic mass is 16.5. The highest BCUT2D eigenvalue weighted by molar-refractivity contribution is 5.41. The molecule has 1 aliphatic rings. The van der Waals surface area contributed by atoms with Crippen molar-refractivity contribution in [2.75, 3.05) is 26.9 Å². The highest BCUT2D eigenvalue weighted by Crippen LogP contribution is 2.42. The van der Waals surface area contributed by atoms with Gasteiger partial charge in [0.1, 0.15) is 0 Å². The standard InChI is InChI=1S/C15H23NO2/c1-10-5-11(2)13(12(3)6-10)14(16-4)15(7-17)8-18-9-15/h5-6,14,16-17H,7-9H2,1-4H3. The Morgan fingerprint density at radius 3 is 2.17 bits per heavy atom. The van der Waals surface area contributed by atoms with Crippen molar-refractivity contribution in [3.63, 3.8) is 0 Å². The van der Waals surface area contributed by atoms with E-state index in [0.29, 0.717) is 13.2 Å². The molecule has 1 atom stereocenters. The normalized spacial score (nSPS) is 19.4. The average molecular weight is 249 g/mol. The van der Waals surface area contributed by atoms with Crippen molar-refractivity contribution in [1.29, 1.82) is 0 Å². The van der Waals surface area contributed by atoms with Crippen molar-refractivity contribution in [1.82, 2.24) is 5.32 Å². The van der Waals surface area contributed by atoms with Gasteiger partial charge in [0.15, 0.2) is 0 Å². The first-order valence-corrected chi connectivity index (χ1v) is 6.47. The summed E-state index contributed by atoms with van der Waals surface area (Å²) in [5.74, 6) is 0. The van der Waals surface area contributed by atoms with Gasteiger partial charge in [-0.1, -0.05) is 17.7 Å². The fraction of sp³-hybridized carbons (Fsp3) is 0.600. The summed E-state index contributed by atoms with van der Waals surface area (Å²) in [4.78, 5) is 0. The third-order valence-corrected chi connectivity index (χ3v) is 4.02. The molecule has 1 aromatic carbocycles. The summed E-state index contributed by atoms with van der Waals surface area (Å²) in [6.45, 7) is 7.82. The lowest BCUT2D eigenvalue weighted by molar-refractivity contribution is -0.155. The molecule has 100 valence electrons. The largest absolute Gasteiger partial charge is 0.396 e. The van der Waals surface area contributed by atoms with Crippen LogP contribution in [0.4, 0.5) is 0 Å². The lowest BCUT2D eigenvalue weighted by Gasteiger charge is -2.46. The van der Waals surface area contributed by atoms with Crippen LogP contribution >= 0.6 is 0 Å². The van der Waals surface area contributed by atoms with Crippen LogP contribution in [0.2, 0.25) is 0 Å². The summed E-state index contributed by atoms with van der Waals surface area (Å²) < 4.78 is 5.34. The molecular formula is C15H23NO2. The molecule has 0 radical (unpaired) electrons. The summed E-state index contributed by atoms with van der Waals surface area (Å²) in [6, 6.07) is 4.56. The number of ether oxygens (including phenoxy) is 1. The molecule has 0 aromatic heterocycles. The minimum absolute atomic E-state index is 0.150. The minimum Gasteiger partial charge on any atom is -0.396 e. The molecule has 1 aliphatic heterocycles. The van der Waals surface area contributed by atoms with Crippen LogP contribution < -0.4 is 5.32 Å². The number of aliphatic hydroxyl groups is 1. The van der Waals surface area contributed by atoms with Gasteiger partial charge in [-0.05, 0) is 44.5 Å². The SMILES string of the molecule is CNC(c1c(C)cc(C)cc1C)C1(CO)COC1. The Labute approximate surface area is 109 Å². The molecule has 3 nitrogen and oxygen atoms in total. The summed E-state index contributed by atoms with van der Waals surface area (Å²) in [5.41, 5.74) is 4.99. The van der Waals surface area contributed by atoms with E-state index >= 15 is 0 Å². The van der Waals surface area contributed by atoms with Crippen LogP contribution in [0.3, 0.4) is 0 Å². The van der Waals surface area contributed by atoms with Crippen LogP contribution in [0.1, 0.15) is 28.3 Å². The Hall–Kier alpha value is -0.900. The third kappa shape index (κ3) is 2.07. The number of nitrogens with one attached hydrogen (secondary N) is 1. The van der Waals surface area contributed by atoms with E-state index in [-0.39, 0.29) is 18.1 Å². The molecular weight excluding hydrogens is 226 g/mol. The average Bonchev–Trinajstić information content (AvgIpc) is 2.24. The zero-order chi connectivity index (χ0) is 13.3. The molecule has 1 fully saturated rings. The van der Waals surface area contributed by atoms with Gasteiger partial charge in [-0.15, -0.1) is 0 Å². The van der Waals surface area contributed by atoms with Crippen LogP contribution in [-0.4, -0.2) is 32.0 Å². The molecule has 0 spiro atoms. The molecule has 2 rings (SSSR count). The fourth-order valence-electron chi connectivity index (χ4n) is 3.12. The maximum absolute atomic E-state index is 9.72. The predicted molar refractivity (Wildman–Crippen MR) is 72.8 cm³/mol. The smallest absolute Gasteiger partial charge is 0.0596 e. The van der Waals surface area contributed by atoms with E-state index in [1.165, 1.54) is 22.3 Å². The predicted octanol–water partition coefficient (Wildman–Crippen LogP) is 1.88. The van der Waals surface area contributed by atoms with E-state index in [4.69, 9.17) is 4.74 Å². The number of hydrogen-bond donors (Lipinski definition) is 2. The molecule has 3 heteroatoms. The molecule has 18 heavy (non-hydrogen) atoms. The second-order valence-corrected chi connectivity index (χ2v) is 5.55. The Bertz CT molecular complexity index is 410. The van der Waals surface area contributed by atoms with E-state index in [1.54, 1.807) is 0 Å². The van der Waals surface area contributed by atoms with Gasteiger partial charge in [-0.2, -0.15) is 0 Å². The molecule has 0 bridgehead atoms. The zero-order valence-corrected chi connectivity index (χ0v) is 11.7. The van der Waals surface area contributed by atoms with E-state index in [1.807, 2.05) is 7.05 Å². The first kappa shape index (κ1) is 13.5. The van der Waals surface area contributed by atoms with Crippen molar-refractivity contribution in [2.24, 2.45) is 5.41 Å². The Balaban J connectivity index is 2.45. The van der Waals surface area contributed by atoms with E-state index in [2.05, 4.69) is 38.2 Å². The quantitative estimate of drug-likeness (QED) is 0.856. The number of aryl methyl sites for hydroxylation is 3. The maximum Gasteiger partial charge on any atom is 0.0596 e. The number of hydrogen-bond acceptors (Lipinski definition) is 3. The van der Waals surface area contributed by atoms with Crippen LogP contribution in [0, 0.1) is 26.2 Å². The Kier molecular flexibility index (Phi) is 3.76. The molecule has 1 heterocycles. The van der Waals surface area contributed by atoms with Gasteiger partial charge in [0.25, 0.3) is 0 Å². The maximum atomic E-state index is 9.72. The monoisotopic (exact) mass is 249 g/mol. The summed E-state index contributed by atoms with van der Waals surface area (Å²) in [5, 5.41) is 13.1. The molecule has 0 aliphatic carbocycles. The number of aliphatic hydroxyl groups excluding tert-OH is 1. The van der Waals surface area contributed by atoms with E-state index in [0.717, 1.165) is 0 Å². The Morgan fingerprint density at radius 1 is 1.28 bits per heavy atom. The van der Waals surface area contributed by atoms with Crippen molar-refractivity contribution < 1.29 is 9.84 Å². The van der Waals surface area contributed by atoms with E-state index < -0.39 is 0 Å². The van der Waals surface area contributed by atoms with Crippen LogP contribution in [0.5, 0.6) is 0 Å². The zero-order valence-electron chi connectivity index (χ0n) is 11.7. The van der Waals surface area contributed by atoms with Gasteiger partial charge in [-0.3, -0.25) is 0 Å². The first-order chi connectivity index (χ1) is 8.54. The number of rotatable bonds is 4. The lowest BCUT2D eigenvalue weighted by Crippen LogP contribution is -2.54. The second kappa shape index (κ2) is 5.00. The van der Waals surface area contributed by atoms with Crippen LogP contribution in [-0.2, 0) is 4.74 Å². The molecule has 2 N–H and O–H groups in total. The second-order valence-electron chi connectivity index (χ2n) is 5.55. The number of benzene rings is 1. The van der Waals surface area contributed by atoms with E-state index in [9.17, 15) is 5.11 Å². The van der Waals surface area contributed by atoms with Crippen LogP contribution in [0.25, 0.3) is 0 Å². The van der Waals surface area contributed by atoms with Gasteiger partial charge in [-0.25, -0.2) is 0 Å². The van der Waals surface area contributed by atoms with Crippen molar-refractivity contribution >= 4 is 0 Å².